The normalized spacial score (nSPS) is 11.8. The van der Waals surface area contributed by atoms with Gasteiger partial charge in [-0.25, -0.2) is 0 Å². The second-order valence-corrected chi connectivity index (χ2v) is 4.95. The van der Waals surface area contributed by atoms with Crippen LogP contribution in [0.4, 0.5) is 0 Å². The van der Waals surface area contributed by atoms with Crippen molar-refractivity contribution in [3.05, 3.63) is 48.0 Å². The van der Waals surface area contributed by atoms with Crippen molar-refractivity contribution in [2.75, 3.05) is 20.6 Å². The van der Waals surface area contributed by atoms with Gasteiger partial charge in [-0.1, -0.05) is 25.3 Å². The van der Waals surface area contributed by atoms with Crippen LogP contribution in [-0.2, 0) is 4.79 Å². The van der Waals surface area contributed by atoms with Gasteiger partial charge in [0.25, 0.3) is 0 Å². The minimum absolute atomic E-state index is 0.0369. The van der Waals surface area contributed by atoms with Crippen LogP contribution in [-0.4, -0.2) is 26.4 Å². The first-order valence-electron chi connectivity index (χ1n) is 7.26. The van der Waals surface area contributed by atoms with E-state index in [1.807, 2.05) is 20.0 Å². The highest BCUT2D eigenvalue weighted by Gasteiger charge is 2.00. The lowest BCUT2D eigenvalue weighted by Gasteiger charge is -2.09. The molecule has 0 rings (SSSR count). The number of likely N-dealkylation sites (N-methyl/N-ethyl adjacent to an activating group) is 2. The van der Waals surface area contributed by atoms with Crippen LogP contribution in [0.2, 0.25) is 0 Å². The van der Waals surface area contributed by atoms with Gasteiger partial charge in [0.2, 0.25) is 0 Å². The van der Waals surface area contributed by atoms with Gasteiger partial charge < -0.3 is 16.0 Å². The minimum Gasteiger partial charge on any atom is -0.389 e. The second kappa shape index (κ2) is 10.8. The SMILES string of the molecule is C=C(C/C=C(\NC)C(C)=O)NCCC/C=C(/NC)C(=C)C. The maximum atomic E-state index is 11.2. The topological polar surface area (TPSA) is 53.2 Å². The van der Waals surface area contributed by atoms with Gasteiger partial charge in [0, 0.05) is 45.4 Å². The summed E-state index contributed by atoms with van der Waals surface area (Å²) in [6.45, 7) is 12.3. The van der Waals surface area contributed by atoms with Crippen molar-refractivity contribution in [3.8, 4) is 0 Å². The fourth-order valence-electron chi connectivity index (χ4n) is 1.82. The van der Waals surface area contributed by atoms with E-state index in [0.717, 1.165) is 36.4 Å². The highest BCUT2D eigenvalue weighted by atomic mass is 16.1. The monoisotopic (exact) mass is 291 g/mol. The van der Waals surface area contributed by atoms with E-state index in [4.69, 9.17) is 0 Å². The third-order valence-corrected chi connectivity index (χ3v) is 3.03. The van der Waals surface area contributed by atoms with Crippen LogP contribution >= 0.6 is 0 Å². The zero-order valence-corrected chi connectivity index (χ0v) is 13.8. The van der Waals surface area contributed by atoms with Gasteiger partial charge in [-0.15, -0.1) is 0 Å². The summed E-state index contributed by atoms with van der Waals surface area (Å²) in [5.74, 6) is 0.0369. The molecule has 0 heterocycles. The highest BCUT2D eigenvalue weighted by Crippen LogP contribution is 2.05. The second-order valence-electron chi connectivity index (χ2n) is 4.95. The van der Waals surface area contributed by atoms with Crippen LogP contribution in [0.25, 0.3) is 0 Å². The van der Waals surface area contributed by atoms with Gasteiger partial charge in [0.15, 0.2) is 5.78 Å². The molecule has 0 atom stereocenters. The molecule has 0 saturated heterocycles. The molecule has 0 aliphatic rings. The molecule has 0 unspecified atom stereocenters. The summed E-state index contributed by atoms with van der Waals surface area (Å²) in [6, 6.07) is 0. The Morgan fingerprint density at radius 3 is 2.14 bits per heavy atom. The number of hydrogen-bond acceptors (Lipinski definition) is 4. The molecule has 0 aliphatic heterocycles. The predicted octanol–water partition coefficient (Wildman–Crippen LogP) is 2.63. The van der Waals surface area contributed by atoms with Gasteiger partial charge in [-0.3, -0.25) is 4.79 Å². The van der Waals surface area contributed by atoms with Gasteiger partial charge >= 0.3 is 0 Å². The standard InChI is InChI=1S/C17H29N3O/c1-13(2)16(18-5)9-7-8-12-20-14(3)10-11-17(19-6)15(4)21/h9,11,18-20H,1,3,7-8,10,12H2,2,4-6H3/b16-9+,17-11-. The van der Waals surface area contributed by atoms with Crippen LogP contribution in [0.15, 0.2) is 48.0 Å². The van der Waals surface area contributed by atoms with E-state index in [2.05, 4.69) is 35.2 Å². The zero-order valence-electron chi connectivity index (χ0n) is 13.8. The number of Topliss-reactive ketones (excluding diaryl/α,β-unsaturated/α-hetero) is 1. The van der Waals surface area contributed by atoms with Gasteiger partial charge in [0.05, 0.1) is 5.70 Å². The highest BCUT2D eigenvalue weighted by molar-refractivity contribution is 5.92. The Hall–Kier alpha value is -1.97. The molecule has 0 amide bonds. The Labute approximate surface area is 129 Å². The van der Waals surface area contributed by atoms with Crippen molar-refractivity contribution in [1.82, 2.24) is 16.0 Å². The summed E-state index contributed by atoms with van der Waals surface area (Å²) in [6.07, 6.45) is 6.67. The summed E-state index contributed by atoms with van der Waals surface area (Å²) in [5.41, 5.74) is 3.68. The first-order chi connectivity index (χ1) is 9.92. The van der Waals surface area contributed by atoms with Gasteiger partial charge in [0.1, 0.15) is 0 Å². The summed E-state index contributed by atoms with van der Waals surface area (Å²) in [4.78, 5) is 11.2. The number of allylic oxidation sites excluding steroid dienone is 4. The molecule has 0 aromatic carbocycles. The van der Waals surface area contributed by atoms with Crippen molar-refractivity contribution in [2.45, 2.75) is 33.1 Å². The van der Waals surface area contributed by atoms with Gasteiger partial charge in [-0.2, -0.15) is 0 Å². The first-order valence-corrected chi connectivity index (χ1v) is 7.26. The van der Waals surface area contributed by atoms with E-state index in [1.54, 1.807) is 14.0 Å². The smallest absolute Gasteiger partial charge is 0.175 e. The molecule has 0 fully saturated rings. The van der Waals surface area contributed by atoms with E-state index in [1.165, 1.54) is 0 Å². The molecule has 3 N–H and O–H groups in total. The number of carbonyl (C=O) groups is 1. The van der Waals surface area contributed by atoms with Crippen molar-refractivity contribution in [3.63, 3.8) is 0 Å². The minimum atomic E-state index is 0.0369. The summed E-state index contributed by atoms with van der Waals surface area (Å²) < 4.78 is 0. The lowest BCUT2D eigenvalue weighted by atomic mass is 10.2. The van der Waals surface area contributed by atoms with Crippen molar-refractivity contribution >= 4 is 5.78 Å². The number of unbranched alkanes of at least 4 members (excludes halogenated alkanes) is 1. The predicted molar refractivity (Wildman–Crippen MR) is 90.8 cm³/mol. The van der Waals surface area contributed by atoms with E-state index in [-0.39, 0.29) is 5.78 Å². The molecule has 0 radical (unpaired) electrons. The Bertz CT molecular complexity index is 433. The molecular formula is C17H29N3O. The van der Waals surface area contributed by atoms with E-state index >= 15 is 0 Å². The maximum Gasteiger partial charge on any atom is 0.175 e. The lowest BCUT2D eigenvalue weighted by molar-refractivity contribution is -0.113. The van der Waals surface area contributed by atoms with Crippen molar-refractivity contribution in [2.24, 2.45) is 0 Å². The molecule has 0 aromatic rings. The summed E-state index contributed by atoms with van der Waals surface area (Å²) in [5, 5.41) is 9.28. The Balaban J connectivity index is 4.01. The third-order valence-electron chi connectivity index (χ3n) is 3.03. The first kappa shape index (κ1) is 19.0. The fourth-order valence-corrected chi connectivity index (χ4v) is 1.82. The molecule has 21 heavy (non-hydrogen) atoms. The van der Waals surface area contributed by atoms with E-state index in [9.17, 15) is 4.79 Å². The number of hydrogen-bond donors (Lipinski definition) is 3. The molecule has 4 nitrogen and oxygen atoms in total. The molecule has 0 aromatic heterocycles. The van der Waals surface area contributed by atoms with Crippen LogP contribution < -0.4 is 16.0 Å². The van der Waals surface area contributed by atoms with Gasteiger partial charge in [-0.05, 0) is 25.3 Å². The van der Waals surface area contributed by atoms with Crippen molar-refractivity contribution < 1.29 is 4.79 Å². The molecule has 0 aliphatic carbocycles. The Kier molecular flexibility index (Phi) is 9.76. The number of rotatable bonds is 11. The largest absolute Gasteiger partial charge is 0.389 e. The number of nitrogens with one attached hydrogen (secondary N) is 3. The van der Waals surface area contributed by atoms with E-state index < -0.39 is 0 Å². The quantitative estimate of drug-likeness (QED) is 0.311. The lowest BCUT2D eigenvalue weighted by Crippen LogP contribution is -2.16. The molecule has 0 bridgehead atoms. The number of carbonyl (C=O) groups excluding carboxylic acids is 1. The zero-order chi connectivity index (χ0) is 16.3. The summed E-state index contributed by atoms with van der Waals surface area (Å²) in [7, 11) is 3.65. The van der Waals surface area contributed by atoms with E-state index in [0.29, 0.717) is 12.1 Å². The third kappa shape index (κ3) is 8.74. The Morgan fingerprint density at radius 1 is 1.05 bits per heavy atom. The number of ketones is 1. The molecule has 0 saturated carbocycles. The molecule has 4 heteroatoms. The van der Waals surface area contributed by atoms with Crippen LogP contribution in [0.5, 0.6) is 0 Å². The van der Waals surface area contributed by atoms with Crippen LogP contribution in [0.1, 0.15) is 33.1 Å². The fraction of sp³-hybridized carbons (Fsp3) is 0.471. The van der Waals surface area contributed by atoms with Crippen LogP contribution in [0.3, 0.4) is 0 Å². The molecule has 0 spiro atoms. The average molecular weight is 291 g/mol. The average Bonchev–Trinajstić information content (AvgIpc) is 2.42. The van der Waals surface area contributed by atoms with Crippen LogP contribution in [0, 0.1) is 0 Å². The maximum absolute atomic E-state index is 11.2. The molecular weight excluding hydrogens is 262 g/mol. The molecule has 118 valence electrons. The summed E-state index contributed by atoms with van der Waals surface area (Å²) >= 11 is 0. The van der Waals surface area contributed by atoms with Crippen molar-refractivity contribution in [1.29, 1.82) is 0 Å². The Morgan fingerprint density at radius 2 is 1.67 bits per heavy atom.